The molecule has 0 aromatic heterocycles. The molecule has 15 heavy (non-hydrogen) atoms. The van der Waals surface area contributed by atoms with Gasteiger partial charge in [0.2, 0.25) is 0 Å². The lowest BCUT2D eigenvalue weighted by molar-refractivity contribution is 0.174. The average Bonchev–Trinajstić information content (AvgIpc) is 2.14. The normalized spacial score (nSPS) is 24.1. The minimum atomic E-state index is -3.34. The maximum Gasteiger partial charge on any atom is 0.376 e. The molecule has 5 nitrogen and oxygen atoms in total. The van der Waals surface area contributed by atoms with Crippen LogP contribution in [0.25, 0.3) is 0 Å². The number of hydrogen-bond acceptors (Lipinski definition) is 5. The van der Waals surface area contributed by atoms with Crippen LogP contribution in [-0.4, -0.2) is 51.3 Å². The molecule has 0 aromatic carbocycles. The Bertz CT molecular complexity index is 293. The van der Waals surface area contributed by atoms with Crippen LogP contribution < -0.4 is 0 Å². The maximum atomic E-state index is 10.8. The summed E-state index contributed by atoms with van der Waals surface area (Å²) in [7, 11) is -3.81. The lowest BCUT2D eigenvalue weighted by Crippen LogP contribution is -2.45. The summed E-state index contributed by atoms with van der Waals surface area (Å²) >= 11 is 0. The Balaban J connectivity index is 2.37. The summed E-state index contributed by atoms with van der Waals surface area (Å²) in [5, 5.41) is 9.39. The van der Waals surface area contributed by atoms with E-state index in [1.165, 1.54) is 0 Å². The largest absolute Gasteiger partial charge is 0.437 e. The van der Waals surface area contributed by atoms with Crippen molar-refractivity contribution in [3.63, 3.8) is 0 Å². The number of nitrogens with zero attached hydrogens (tertiary/aromatic N) is 1. The van der Waals surface area contributed by atoms with Crippen LogP contribution in [0.5, 0.6) is 0 Å². The van der Waals surface area contributed by atoms with E-state index in [-0.39, 0.29) is 12.5 Å². The van der Waals surface area contributed by atoms with Crippen molar-refractivity contribution < 1.29 is 17.6 Å². The van der Waals surface area contributed by atoms with Gasteiger partial charge in [0.25, 0.3) is 10.1 Å². The molecule has 1 rings (SSSR count). The first-order valence-electron chi connectivity index (χ1n) is 5.15. The molecule has 0 unspecified atom stereocenters. The molecule has 1 N–H and O–H groups in total. The second-order valence-corrected chi connectivity index (χ2v) is 5.77. The average molecular weight is 235 g/mol. The Morgan fingerprint density at radius 2 is 2.27 bits per heavy atom. The Hall–Kier alpha value is -0.105. The van der Waals surface area contributed by atoms with Crippen molar-refractivity contribution in [2.45, 2.75) is 19.7 Å². The van der Waals surface area contributed by atoms with Crippen LogP contribution in [0, 0.1) is 5.92 Å². The fourth-order valence-corrected chi connectivity index (χ4v) is 2.23. The van der Waals surface area contributed by atoms with Gasteiger partial charge in [0.05, 0.1) is 12.9 Å². The van der Waals surface area contributed by atoms with Gasteiger partial charge in [-0.2, -0.15) is 8.42 Å². The Morgan fingerprint density at radius 1 is 1.60 bits per heavy atom. The number of rotatable bonds is 4. The van der Waals surface area contributed by atoms with Crippen molar-refractivity contribution in [3.05, 3.63) is 0 Å². The monoisotopic (exact) mass is 235 g/mol. The van der Waals surface area contributed by atoms with Crippen molar-refractivity contribution in [1.29, 1.82) is 0 Å². The first kappa shape index (κ1) is 13.0. The van der Waals surface area contributed by atoms with Gasteiger partial charge in [0, 0.05) is 0 Å². The second kappa shape index (κ2) is 5.29. The summed E-state index contributed by atoms with van der Waals surface area (Å²) in [6, 6.07) is 0. The molecule has 0 aromatic rings. The van der Waals surface area contributed by atoms with E-state index in [0.717, 1.165) is 25.6 Å². The fraction of sp³-hybridized carbons (Fsp3) is 1.00. The van der Waals surface area contributed by atoms with E-state index in [4.69, 9.17) is 4.18 Å². The highest BCUT2D eigenvalue weighted by Crippen LogP contribution is 2.17. The Morgan fingerprint density at radius 3 is 2.80 bits per heavy atom. The fourth-order valence-electron chi connectivity index (χ4n) is 1.79. The molecule has 1 atom stereocenters. The van der Waals surface area contributed by atoms with Gasteiger partial charge in [0.15, 0.2) is 0 Å². The molecule has 1 heterocycles. The summed E-state index contributed by atoms with van der Waals surface area (Å²) in [6.07, 6.45) is 2.99. The van der Waals surface area contributed by atoms with E-state index in [2.05, 4.69) is 0 Å². The highest BCUT2D eigenvalue weighted by Gasteiger charge is 2.25. The predicted molar refractivity (Wildman–Crippen MR) is 58.9 cm³/mol. The van der Waals surface area contributed by atoms with Crippen LogP contribution in [0.3, 0.4) is 0 Å². The summed E-state index contributed by atoms with van der Waals surface area (Å²) in [5.41, 5.74) is 0. The van der Waals surface area contributed by atoms with Crippen molar-refractivity contribution >= 4 is 17.2 Å². The Kier molecular flexibility index (Phi) is 4.57. The minimum Gasteiger partial charge on any atom is -0.437 e. The zero-order chi connectivity index (χ0) is 11.5. The molecule has 0 aliphatic carbocycles. The van der Waals surface area contributed by atoms with E-state index in [0.29, 0.717) is 6.54 Å². The molecule has 1 fully saturated rings. The van der Waals surface area contributed by atoms with Gasteiger partial charge < -0.3 is 9.83 Å². The van der Waals surface area contributed by atoms with Crippen molar-refractivity contribution in [1.82, 2.24) is 4.81 Å². The maximum absolute atomic E-state index is 10.8. The molecule has 0 bridgehead atoms. The summed E-state index contributed by atoms with van der Waals surface area (Å²) in [5.74, 6) is 0.197. The van der Waals surface area contributed by atoms with Crippen molar-refractivity contribution in [2.24, 2.45) is 5.92 Å². The molecule has 0 saturated carbocycles. The molecule has 0 spiro atoms. The van der Waals surface area contributed by atoms with Gasteiger partial charge in [0.1, 0.15) is 0 Å². The highest BCUT2D eigenvalue weighted by atomic mass is 32.2. The minimum absolute atomic E-state index is 0.197. The van der Waals surface area contributed by atoms with Gasteiger partial charge in [-0.1, -0.05) is 0 Å². The molecule has 1 aliphatic heterocycles. The molecular weight excluding hydrogens is 217 g/mol. The summed E-state index contributed by atoms with van der Waals surface area (Å²) in [4.78, 5) is 1.93. The van der Waals surface area contributed by atoms with E-state index < -0.39 is 17.2 Å². The standard InChI is InChI=1S/C8H18BNO4S/c1-9(11)10-5-3-4-8(6-10)7-14-15(2,12)13/h8,11H,3-7H2,1-2H3/t8-/m1/s1. The SMILES string of the molecule is CB(O)N1CCC[C@@H](COS(C)(=O)=O)C1. The molecule has 0 radical (unpaired) electrons. The lowest BCUT2D eigenvalue weighted by Gasteiger charge is -2.32. The van der Waals surface area contributed by atoms with Crippen molar-refractivity contribution in [3.8, 4) is 0 Å². The van der Waals surface area contributed by atoms with Crippen LogP contribution in [0.1, 0.15) is 12.8 Å². The first-order chi connectivity index (χ1) is 6.88. The van der Waals surface area contributed by atoms with Crippen molar-refractivity contribution in [2.75, 3.05) is 26.0 Å². The zero-order valence-electron chi connectivity index (χ0n) is 9.22. The van der Waals surface area contributed by atoms with Crippen LogP contribution >= 0.6 is 0 Å². The van der Waals surface area contributed by atoms with Crippen LogP contribution in [-0.2, 0) is 14.3 Å². The molecule has 88 valence electrons. The number of piperidine rings is 1. The molecule has 0 amide bonds. The quantitative estimate of drug-likeness (QED) is 0.539. The number of hydrogen-bond donors (Lipinski definition) is 1. The van der Waals surface area contributed by atoms with Crippen LogP contribution in [0.4, 0.5) is 0 Å². The third-order valence-corrected chi connectivity index (χ3v) is 3.16. The van der Waals surface area contributed by atoms with E-state index >= 15 is 0 Å². The smallest absolute Gasteiger partial charge is 0.376 e. The van der Waals surface area contributed by atoms with Gasteiger partial charge in [-0.05, 0) is 38.7 Å². The topological polar surface area (TPSA) is 66.8 Å². The molecular formula is C8H18BNO4S. The molecule has 1 aliphatic rings. The van der Waals surface area contributed by atoms with Crippen LogP contribution in [0.15, 0.2) is 0 Å². The third-order valence-electron chi connectivity index (χ3n) is 2.60. The second-order valence-electron chi connectivity index (χ2n) is 4.12. The van der Waals surface area contributed by atoms with Gasteiger partial charge in [-0.15, -0.1) is 0 Å². The van der Waals surface area contributed by atoms with Gasteiger partial charge in [-0.25, -0.2) is 0 Å². The molecule has 7 heteroatoms. The van der Waals surface area contributed by atoms with E-state index in [1.807, 2.05) is 4.81 Å². The van der Waals surface area contributed by atoms with E-state index in [9.17, 15) is 13.4 Å². The zero-order valence-corrected chi connectivity index (χ0v) is 10.0. The van der Waals surface area contributed by atoms with Crippen LogP contribution in [0.2, 0.25) is 6.82 Å². The predicted octanol–water partition coefficient (Wildman–Crippen LogP) is -0.215. The Labute approximate surface area is 91.7 Å². The lowest BCUT2D eigenvalue weighted by atomic mass is 9.81. The third kappa shape index (κ3) is 4.97. The first-order valence-corrected chi connectivity index (χ1v) is 6.96. The van der Waals surface area contributed by atoms with Gasteiger partial charge >= 0.3 is 7.05 Å². The highest BCUT2D eigenvalue weighted by molar-refractivity contribution is 7.85. The molecule has 1 saturated heterocycles. The van der Waals surface area contributed by atoms with Gasteiger partial charge in [-0.3, -0.25) is 4.18 Å². The summed E-state index contributed by atoms with van der Waals surface area (Å²) in [6.45, 7) is 3.52. The van der Waals surface area contributed by atoms with E-state index in [1.54, 1.807) is 6.82 Å². The summed E-state index contributed by atoms with van der Waals surface area (Å²) < 4.78 is 26.4.